The van der Waals surface area contributed by atoms with E-state index in [0.717, 1.165) is 25.9 Å². The molecule has 2 amide bonds. The van der Waals surface area contributed by atoms with Gasteiger partial charge in [-0.25, -0.2) is 4.79 Å². The molecule has 0 unspecified atom stereocenters. The minimum atomic E-state index is -0.540. The van der Waals surface area contributed by atoms with Crippen LogP contribution in [-0.2, 0) is 9.53 Å². The van der Waals surface area contributed by atoms with Crippen LogP contribution in [0.2, 0.25) is 0 Å². The van der Waals surface area contributed by atoms with Crippen LogP contribution in [0.1, 0.15) is 36.3 Å². The van der Waals surface area contributed by atoms with Gasteiger partial charge in [-0.15, -0.1) is 0 Å². The molecule has 0 saturated carbocycles. The summed E-state index contributed by atoms with van der Waals surface area (Å²) in [7, 11) is 0. The highest BCUT2D eigenvalue weighted by molar-refractivity contribution is 5.82. The first-order chi connectivity index (χ1) is 13.2. The maximum absolute atomic E-state index is 12.1. The van der Waals surface area contributed by atoms with Crippen LogP contribution in [0.15, 0.2) is 48.5 Å². The lowest BCUT2D eigenvalue weighted by Crippen LogP contribution is -2.42. The normalized spacial score (nSPS) is 15.8. The molecule has 1 aliphatic carbocycles. The third-order valence-electron chi connectivity index (χ3n) is 5.44. The number of nitrogens with zero attached hydrogens (tertiary/aromatic N) is 1. The van der Waals surface area contributed by atoms with E-state index in [1.807, 2.05) is 29.2 Å². The van der Waals surface area contributed by atoms with E-state index < -0.39 is 6.09 Å². The van der Waals surface area contributed by atoms with Gasteiger partial charge in [0.1, 0.15) is 13.2 Å². The van der Waals surface area contributed by atoms with Gasteiger partial charge in [0.15, 0.2) is 0 Å². The number of likely N-dealkylation sites (tertiary alicyclic amines) is 1. The van der Waals surface area contributed by atoms with Gasteiger partial charge in [-0.05, 0) is 41.5 Å². The fraction of sp³-hybridized carbons (Fsp3) is 0.364. The van der Waals surface area contributed by atoms with Crippen molar-refractivity contribution in [2.45, 2.75) is 25.2 Å². The number of amides is 2. The number of hydrogen-bond donors (Lipinski definition) is 1. The molecule has 2 aromatic carbocycles. The zero-order valence-electron chi connectivity index (χ0n) is 15.3. The Bertz CT molecular complexity index is 797. The smallest absolute Gasteiger partial charge is 0.407 e. The van der Waals surface area contributed by atoms with Gasteiger partial charge in [0.2, 0.25) is 5.91 Å². The molecule has 2 aliphatic rings. The Morgan fingerprint density at radius 3 is 2.15 bits per heavy atom. The van der Waals surface area contributed by atoms with Crippen LogP contribution in [0.3, 0.4) is 0 Å². The maximum atomic E-state index is 12.1. The van der Waals surface area contributed by atoms with E-state index in [2.05, 4.69) is 29.6 Å². The lowest BCUT2D eigenvalue weighted by Gasteiger charge is -2.26. The Morgan fingerprint density at radius 1 is 0.926 bits per heavy atom. The molecule has 1 aliphatic heterocycles. The number of hydrogen-bond acceptors (Lipinski definition) is 3. The summed E-state index contributed by atoms with van der Waals surface area (Å²) in [6.45, 7) is 1.82. The Morgan fingerprint density at radius 2 is 1.52 bits per heavy atom. The molecule has 0 atom stereocenters. The number of carbonyl (C=O) groups is 2. The molecule has 5 nitrogen and oxygen atoms in total. The summed E-state index contributed by atoms with van der Waals surface area (Å²) in [4.78, 5) is 26.1. The maximum Gasteiger partial charge on any atom is 0.407 e. The quantitative estimate of drug-likeness (QED) is 0.903. The number of nitrogens with one attached hydrogen (secondary N) is 1. The van der Waals surface area contributed by atoms with E-state index in [1.54, 1.807) is 0 Å². The number of fused-ring (bicyclic) bond motifs is 3. The molecule has 0 spiro atoms. The zero-order valence-corrected chi connectivity index (χ0v) is 15.3. The van der Waals surface area contributed by atoms with Crippen LogP contribution in [0.4, 0.5) is 4.79 Å². The molecule has 1 saturated heterocycles. The molecule has 1 fully saturated rings. The largest absolute Gasteiger partial charge is 0.449 e. The average molecular weight is 364 g/mol. The predicted octanol–water partition coefficient (Wildman–Crippen LogP) is 3.54. The van der Waals surface area contributed by atoms with Crippen molar-refractivity contribution in [2.75, 3.05) is 26.2 Å². The highest BCUT2D eigenvalue weighted by Gasteiger charge is 2.29. The first-order valence-electron chi connectivity index (χ1n) is 9.60. The van der Waals surface area contributed by atoms with Crippen molar-refractivity contribution >= 4 is 12.0 Å². The molecule has 0 radical (unpaired) electrons. The first-order valence-corrected chi connectivity index (χ1v) is 9.60. The van der Waals surface area contributed by atoms with Crippen LogP contribution in [-0.4, -0.2) is 43.1 Å². The van der Waals surface area contributed by atoms with Crippen molar-refractivity contribution in [3.63, 3.8) is 0 Å². The average Bonchev–Trinajstić information content (AvgIpc) is 3.05. The summed E-state index contributed by atoms with van der Waals surface area (Å²) >= 11 is 0. The van der Waals surface area contributed by atoms with Crippen LogP contribution < -0.4 is 5.32 Å². The number of ether oxygens (including phenoxy) is 1. The van der Waals surface area contributed by atoms with Crippen LogP contribution in [0, 0.1) is 0 Å². The molecule has 27 heavy (non-hydrogen) atoms. The Balaban J connectivity index is 1.34. The zero-order chi connectivity index (χ0) is 18.6. The highest BCUT2D eigenvalue weighted by Crippen LogP contribution is 2.44. The molecule has 2 aromatic rings. The Labute approximate surface area is 159 Å². The molecular weight excluding hydrogens is 340 g/mol. The topological polar surface area (TPSA) is 58.6 Å². The number of benzene rings is 2. The molecule has 5 heteroatoms. The standard InChI is InChI=1S/C22H24N2O3/c25-21(24-12-6-1-7-13-24)14-23-22(26)27-15-20-18-10-4-2-8-16(18)17-9-3-5-11-19(17)20/h2-5,8-11,20H,1,6-7,12-15H2,(H,23,26). The summed E-state index contributed by atoms with van der Waals surface area (Å²) in [6, 6.07) is 16.4. The second-order valence-electron chi connectivity index (χ2n) is 7.12. The van der Waals surface area contributed by atoms with Crippen molar-refractivity contribution in [3.05, 3.63) is 59.7 Å². The van der Waals surface area contributed by atoms with E-state index in [9.17, 15) is 9.59 Å². The number of piperidine rings is 1. The van der Waals surface area contributed by atoms with Gasteiger partial charge in [-0.2, -0.15) is 0 Å². The van der Waals surface area contributed by atoms with E-state index in [0.29, 0.717) is 0 Å². The van der Waals surface area contributed by atoms with Crippen molar-refractivity contribution < 1.29 is 14.3 Å². The van der Waals surface area contributed by atoms with Crippen molar-refractivity contribution in [2.24, 2.45) is 0 Å². The SMILES string of the molecule is O=C(NCC(=O)N1CCCCC1)OCC1c2ccccc2-c2ccccc21. The molecule has 0 aromatic heterocycles. The summed E-state index contributed by atoms with van der Waals surface area (Å²) in [5.74, 6) is -0.0100. The summed E-state index contributed by atoms with van der Waals surface area (Å²) in [5.41, 5.74) is 4.75. The fourth-order valence-electron chi connectivity index (χ4n) is 4.05. The van der Waals surface area contributed by atoms with Crippen LogP contribution in [0.25, 0.3) is 11.1 Å². The highest BCUT2D eigenvalue weighted by atomic mass is 16.5. The van der Waals surface area contributed by atoms with Crippen LogP contribution in [0.5, 0.6) is 0 Å². The van der Waals surface area contributed by atoms with Crippen molar-refractivity contribution in [1.82, 2.24) is 10.2 Å². The first kappa shape index (κ1) is 17.6. The lowest BCUT2D eigenvalue weighted by molar-refractivity contribution is -0.131. The van der Waals surface area contributed by atoms with Gasteiger partial charge in [0.05, 0.1) is 0 Å². The summed E-state index contributed by atoms with van der Waals surface area (Å²) < 4.78 is 5.46. The van der Waals surface area contributed by atoms with E-state index in [-0.39, 0.29) is 25.0 Å². The Hall–Kier alpha value is -2.82. The van der Waals surface area contributed by atoms with Crippen LogP contribution >= 0.6 is 0 Å². The monoisotopic (exact) mass is 364 g/mol. The van der Waals surface area contributed by atoms with Gasteiger partial charge in [-0.1, -0.05) is 48.5 Å². The van der Waals surface area contributed by atoms with Gasteiger partial charge >= 0.3 is 6.09 Å². The molecule has 0 bridgehead atoms. The van der Waals surface area contributed by atoms with Crippen molar-refractivity contribution in [3.8, 4) is 11.1 Å². The third-order valence-corrected chi connectivity index (χ3v) is 5.44. The fourth-order valence-corrected chi connectivity index (χ4v) is 4.05. The lowest BCUT2D eigenvalue weighted by atomic mass is 9.98. The minimum Gasteiger partial charge on any atom is -0.449 e. The third kappa shape index (κ3) is 3.68. The number of alkyl carbamates (subject to hydrolysis) is 1. The molecular formula is C22H24N2O3. The van der Waals surface area contributed by atoms with Gasteiger partial charge in [0.25, 0.3) is 0 Å². The molecule has 1 heterocycles. The number of rotatable bonds is 4. The molecule has 4 rings (SSSR count). The predicted molar refractivity (Wildman–Crippen MR) is 104 cm³/mol. The second-order valence-corrected chi connectivity index (χ2v) is 7.12. The van der Waals surface area contributed by atoms with E-state index in [4.69, 9.17) is 4.74 Å². The van der Waals surface area contributed by atoms with E-state index >= 15 is 0 Å². The molecule has 140 valence electrons. The summed E-state index contributed by atoms with van der Waals surface area (Å²) in [5, 5.41) is 2.60. The van der Waals surface area contributed by atoms with Gasteiger partial charge in [-0.3, -0.25) is 4.79 Å². The molecule has 1 N–H and O–H groups in total. The summed E-state index contributed by atoms with van der Waals surface area (Å²) in [6.07, 6.45) is 2.71. The number of carbonyl (C=O) groups excluding carboxylic acids is 2. The van der Waals surface area contributed by atoms with Gasteiger partial charge in [0, 0.05) is 19.0 Å². The Kier molecular flexibility index (Phi) is 5.10. The van der Waals surface area contributed by atoms with Crippen molar-refractivity contribution in [1.29, 1.82) is 0 Å². The van der Waals surface area contributed by atoms with E-state index in [1.165, 1.54) is 28.7 Å². The second kappa shape index (κ2) is 7.82. The minimum absolute atomic E-state index is 0.00330. The van der Waals surface area contributed by atoms with Gasteiger partial charge < -0.3 is 15.0 Å².